The van der Waals surface area contributed by atoms with Crippen molar-refractivity contribution in [3.63, 3.8) is 0 Å². The van der Waals surface area contributed by atoms with Gasteiger partial charge in [-0.2, -0.15) is 0 Å². The molecular formula is C25H51I. The van der Waals surface area contributed by atoms with Crippen LogP contribution in [0.2, 0.25) is 0 Å². The average molecular weight is 479 g/mol. The molecule has 158 valence electrons. The smallest absolute Gasteiger partial charge is 0.000473 e. The van der Waals surface area contributed by atoms with E-state index in [-0.39, 0.29) is 0 Å². The lowest BCUT2D eigenvalue weighted by atomic mass is 9.98. The molecule has 0 aliphatic carbocycles. The van der Waals surface area contributed by atoms with Gasteiger partial charge < -0.3 is 0 Å². The first-order chi connectivity index (χ1) is 12.8. The van der Waals surface area contributed by atoms with E-state index in [2.05, 4.69) is 36.4 Å². The molecule has 0 heterocycles. The van der Waals surface area contributed by atoms with Crippen LogP contribution in [0.1, 0.15) is 149 Å². The third-order valence-corrected chi connectivity index (χ3v) is 6.62. The molecule has 0 aromatic rings. The molecule has 0 rings (SSSR count). The predicted octanol–water partition coefficient (Wildman–Crippen LogP) is 10.3. The quantitative estimate of drug-likeness (QED) is 0.0825. The molecule has 0 aromatic heterocycles. The normalized spacial score (nSPS) is 12.6. The minimum Gasteiger partial charge on any atom is -0.0864 e. The van der Waals surface area contributed by atoms with Gasteiger partial charge in [-0.3, -0.25) is 0 Å². The summed E-state index contributed by atoms with van der Waals surface area (Å²) in [5.74, 6) is 0.963. The van der Waals surface area contributed by atoms with Crippen molar-refractivity contribution in [3.05, 3.63) is 0 Å². The highest BCUT2D eigenvalue weighted by Gasteiger charge is 2.00. The number of unbranched alkanes of at least 4 members (excludes halogenated alkanes) is 17. The van der Waals surface area contributed by atoms with Crippen molar-refractivity contribution >= 4 is 22.6 Å². The summed E-state index contributed by atoms with van der Waals surface area (Å²) in [6.07, 6.45) is 30.9. The van der Waals surface area contributed by atoms with E-state index >= 15 is 0 Å². The molecule has 0 fully saturated rings. The zero-order valence-electron chi connectivity index (χ0n) is 18.5. The van der Waals surface area contributed by atoms with Crippen molar-refractivity contribution in [2.24, 2.45) is 5.92 Å². The van der Waals surface area contributed by atoms with Crippen molar-refractivity contribution in [1.82, 2.24) is 0 Å². The fourth-order valence-electron chi connectivity index (χ4n) is 4.05. The Labute approximate surface area is 181 Å². The minimum atomic E-state index is 0.963. The zero-order chi connectivity index (χ0) is 19.1. The summed E-state index contributed by atoms with van der Waals surface area (Å²) >= 11 is 2.50. The van der Waals surface area contributed by atoms with Crippen molar-refractivity contribution in [1.29, 1.82) is 0 Å². The van der Waals surface area contributed by atoms with Gasteiger partial charge in [-0.15, -0.1) is 0 Å². The molecule has 1 atom stereocenters. The standard InChI is InChI=1S/C25H51I/c1-3-22-25(2)23-20-18-16-14-12-10-8-6-4-5-7-9-11-13-15-17-19-21-24-26/h25H,3-24H2,1-2H3/t25-/m1/s1. The Bertz CT molecular complexity index is 238. The Balaban J connectivity index is 3.01. The minimum absolute atomic E-state index is 0.963. The molecule has 0 spiro atoms. The summed E-state index contributed by atoms with van der Waals surface area (Å²) in [5, 5.41) is 0. The second-order valence-corrected chi connectivity index (χ2v) is 9.81. The Morgan fingerprint density at radius 1 is 0.462 bits per heavy atom. The molecule has 0 nitrogen and oxygen atoms in total. The largest absolute Gasteiger partial charge is 0.0864 e. The molecule has 0 radical (unpaired) electrons. The van der Waals surface area contributed by atoms with Crippen LogP contribution >= 0.6 is 22.6 Å². The van der Waals surface area contributed by atoms with Crippen LogP contribution in [0.3, 0.4) is 0 Å². The van der Waals surface area contributed by atoms with Gasteiger partial charge in [0.25, 0.3) is 0 Å². The highest BCUT2D eigenvalue weighted by atomic mass is 127. The molecule has 1 heteroatoms. The van der Waals surface area contributed by atoms with E-state index in [4.69, 9.17) is 0 Å². The van der Waals surface area contributed by atoms with Crippen molar-refractivity contribution in [2.45, 2.75) is 149 Å². The summed E-state index contributed by atoms with van der Waals surface area (Å²) in [6.45, 7) is 4.74. The predicted molar refractivity (Wildman–Crippen MR) is 131 cm³/mol. The Kier molecular flexibility index (Phi) is 24.4. The maximum atomic E-state index is 2.50. The van der Waals surface area contributed by atoms with Gasteiger partial charge in [-0.1, -0.05) is 165 Å². The fraction of sp³-hybridized carbons (Fsp3) is 1.00. The van der Waals surface area contributed by atoms with Gasteiger partial charge in [0.2, 0.25) is 0 Å². The summed E-state index contributed by atoms with van der Waals surface area (Å²) in [7, 11) is 0. The third kappa shape index (κ3) is 22.8. The van der Waals surface area contributed by atoms with Crippen LogP contribution in [0.15, 0.2) is 0 Å². The number of hydrogen-bond donors (Lipinski definition) is 0. The first-order valence-electron chi connectivity index (χ1n) is 12.4. The van der Waals surface area contributed by atoms with Crippen molar-refractivity contribution in [3.8, 4) is 0 Å². The van der Waals surface area contributed by atoms with E-state index in [1.165, 1.54) is 139 Å². The SMILES string of the molecule is CCC[C@@H](C)CCCCCCCCCCCCCCCCCCCCI. The molecule has 0 aliphatic rings. The van der Waals surface area contributed by atoms with Crippen molar-refractivity contribution in [2.75, 3.05) is 4.43 Å². The first kappa shape index (κ1) is 26.7. The Hall–Kier alpha value is 0.730. The van der Waals surface area contributed by atoms with Gasteiger partial charge in [0.05, 0.1) is 0 Å². The van der Waals surface area contributed by atoms with Crippen molar-refractivity contribution < 1.29 is 0 Å². The van der Waals surface area contributed by atoms with Crippen LogP contribution in [0.5, 0.6) is 0 Å². The van der Waals surface area contributed by atoms with Crippen LogP contribution < -0.4 is 0 Å². The summed E-state index contributed by atoms with van der Waals surface area (Å²) in [6, 6.07) is 0. The van der Waals surface area contributed by atoms with Gasteiger partial charge in [0, 0.05) is 0 Å². The van der Waals surface area contributed by atoms with Gasteiger partial charge >= 0.3 is 0 Å². The van der Waals surface area contributed by atoms with Gasteiger partial charge in [-0.05, 0) is 16.8 Å². The molecule has 0 bridgehead atoms. The van der Waals surface area contributed by atoms with E-state index in [9.17, 15) is 0 Å². The van der Waals surface area contributed by atoms with Gasteiger partial charge in [0.15, 0.2) is 0 Å². The molecule has 0 aromatic carbocycles. The second kappa shape index (κ2) is 23.8. The molecule has 0 aliphatic heterocycles. The first-order valence-corrected chi connectivity index (χ1v) is 13.9. The van der Waals surface area contributed by atoms with E-state index in [1.807, 2.05) is 0 Å². The highest BCUT2D eigenvalue weighted by Crippen LogP contribution is 2.17. The lowest BCUT2D eigenvalue weighted by Gasteiger charge is -2.09. The molecule has 0 saturated carbocycles. The number of rotatable bonds is 22. The fourth-order valence-corrected chi connectivity index (χ4v) is 4.59. The summed E-state index contributed by atoms with van der Waals surface area (Å²) < 4.78 is 1.34. The lowest BCUT2D eigenvalue weighted by molar-refractivity contribution is 0.449. The zero-order valence-corrected chi connectivity index (χ0v) is 20.7. The van der Waals surface area contributed by atoms with Crippen LogP contribution in [0.4, 0.5) is 0 Å². The van der Waals surface area contributed by atoms with Crippen LogP contribution in [0.25, 0.3) is 0 Å². The molecule has 0 N–H and O–H groups in total. The maximum absolute atomic E-state index is 2.50. The molecular weight excluding hydrogens is 427 g/mol. The van der Waals surface area contributed by atoms with Crippen LogP contribution in [-0.2, 0) is 0 Å². The number of alkyl halides is 1. The lowest BCUT2D eigenvalue weighted by Crippen LogP contribution is -1.93. The Morgan fingerprint density at radius 2 is 0.769 bits per heavy atom. The van der Waals surface area contributed by atoms with E-state index in [0.717, 1.165) is 5.92 Å². The van der Waals surface area contributed by atoms with Gasteiger partial charge in [0.1, 0.15) is 0 Å². The average Bonchev–Trinajstić information content (AvgIpc) is 2.64. The van der Waals surface area contributed by atoms with Gasteiger partial charge in [-0.25, -0.2) is 0 Å². The van der Waals surface area contributed by atoms with E-state index in [0.29, 0.717) is 0 Å². The maximum Gasteiger partial charge on any atom is -0.000473 e. The van der Waals surface area contributed by atoms with Crippen LogP contribution in [-0.4, -0.2) is 4.43 Å². The third-order valence-electron chi connectivity index (χ3n) is 5.86. The van der Waals surface area contributed by atoms with Crippen LogP contribution in [0, 0.1) is 5.92 Å². The summed E-state index contributed by atoms with van der Waals surface area (Å²) in [4.78, 5) is 0. The monoisotopic (exact) mass is 478 g/mol. The molecule has 26 heavy (non-hydrogen) atoms. The molecule has 0 saturated heterocycles. The van der Waals surface area contributed by atoms with E-state index < -0.39 is 0 Å². The Morgan fingerprint density at radius 3 is 1.08 bits per heavy atom. The van der Waals surface area contributed by atoms with E-state index in [1.54, 1.807) is 0 Å². The summed E-state index contributed by atoms with van der Waals surface area (Å²) in [5.41, 5.74) is 0. The molecule has 0 unspecified atom stereocenters. The topological polar surface area (TPSA) is 0 Å². The number of hydrogen-bond acceptors (Lipinski definition) is 0. The molecule has 0 amide bonds. The second-order valence-electron chi connectivity index (χ2n) is 8.74. The number of halogens is 1. The highest BCUT2D eigenvalue weighted by molar-refractivity contribution is 14.1.